The highest BCUT2D eigenvalue weighted by atomic mass is 32.1. The number of carbonyl (C=O) groups excluding carboxylic acids is 1. The first-order chi connectivity index (χ1) is 11.2. The number of fused-ring (bicyclic) bond motifs is 1. The molecule has 0 saturated carbocycles. The van der Waals surface area contributed by atoms with Crippen molar-refractivity contribution in [3.8, 4) is 0 Å². The fraction of sp³-hybridized carbons (Fsp3) is 0.500. The number of nitrogens with one attached hydrogen (secondary N) is 1. The third-order valence-electron chi connectivity index (χ3n) is 4.31. The molecule has 1 atom stereocenters. The summed E-state index contributed by atoms with van der Waals surface area (Å²) in [4.78, 5) is 20.9. The number of benzene rings is 1. The van der Waals surface area contributed by atoms with E-state index in [0.29, 0.717) is 18.2 Å². The first-order valence-corrected chi connectivity index (χ1v) is 8.79. The van der Waals surface area contributed by atoms with Crippen LogP contribution in [0, 0.1) is 0 Å². The lowest BCUT2D eigenvalue weighted by molar-refractivity contribution is 0.0766. The minimum absolute atomic E-state index is 0.0965. The molecule has 1 fully saturated rings. The average Bonchev–Trinajstić information content (AvgIpc) is 2.98. The van der Waals surface area contributed by atoms with Crippen LogP contribution in [0.5, 0.6) is 0 Å². The molecule has 1 aliphatic rings. The Balaban J connectivity index is 1.57. The van der Waals surface area contributed by atoms with Crippen LogP contribution < -0.4 is 5.32 Å². The predicted octanol–water partition coefficient (Wildman–Crippen LogP) is 2.22. The van der Waals surface area contributed by atoms with E-state index in [2.05, 4.69) is 22.1 Å². The molecule has 2 amide bonds. The maximum atomic E-state index is 12.4. The minimum atomic E-state index is -0.0965. The van der Waals surface area contributed by atoms with Gasteiger partial charge in [0, 0.05) is 32.2 Å². The molecule has 2 heterocycles. The number of anilines is 1. The number of aliphatic hydroxyl groups excluding tert-OH is 1. The van der Waals surface area contributed by atoms with E-state index in [0.717, 1.165) is 29.7 Å². The molecule has 0 bridgehead atoms. The zero-order valence-electron chi connectivity index (χ0n) is 13.2. The number of hydrogen-bond donors (Lipinski definition) is 2. The summed E-state index contributed by atoms with van der Waals surface area (Å²) in [5, 5.41) is 12.9. The van der Waals surface area contributed by atoms with Crippen LogP contribution in [0.2, 0.25) is 0 Å². The second-order valence-electron chi connectivity index (χ2n) is 5.68. The summed E-state index contributed by atoms with van der Waals surface area (Å²) in [5.41, 5.74) is 0.909. The lowest BCUT2D eigenvalue weighted by atomic mass is 10.2. The van der Waals surface area contributed by atoms with Crippen molar-refractivity contribution in [1.29, 1.82) is 0 Å². The Morgan fingerprint density at radius 2 is 2.09 bits per heavy atom. The molecule has 1 saturated heterocycles. The highest BCUT2D eigenvalue weighted by molar-refractivity contribution is 7.22. The molecular formula is C16H22N4O2S. The molecule has 3 rings (SSSR count). The number of urea groups is 1. The molecule has 23 heavy (non-hydrogen) atoms. The Kier molecular flexibility index (Phi) is 5.09. The summed E-state index contributed by atoms with van der Waals surface area (Å²) in [7, 11) is 0. The van der Waals surface area contributed by atoms with Crippen molar-refractivity contribution in [3.63, 3.8) is 0 Å². The highest BCUT2D eigenvalue weighted by Crippen LogP contribution is 2.25. The van der Waals surface area contributed by atoms with Gasteiger partial charge in [-0.25, -0.2) is 9.78 Å². The van der Waals surface area contributed by atoms with E-state index >= 15 is 0 Å². The Labute approximate surface area is 139 Å². The molecule has 0 radical (unpaired) electrons. The number of rotatable bonds is 4. The zero-order chi connectivity index (χ0) is 16.2. The topological polar surface area (TPSA) is 68.7 Å². The molecule has 2 N–H and O–H groups in total. The molecule has 1 aromatic carbocycles. The summed E-state index contributed by atoms with van der Waals surface area (Å²) in [6.07, 6.45) is 0.925. The summed E-state index contributed by atoms with van der Waals surface area (Å²) < 4.78 is 1.07. The second kappa shape index (κ2) is 7.25. The van der Waals surface area contributed by atoms with Crippen molar-refractivity contribution in [3.05, 3.63) is 24.3 Å². The number of aromatic nitrogens is 1. The Morgan fingerprint density at radius 3 is 2.74 bits per heavy atom. The number of carbonyl (C=O) groups is 1. The van der Waals surface area contributed by atoms with Crippen molar-refractivity contribution in [2.45, 2.75) is 19.4 Å². The van der Waals surface area contributed by atoms with Gasteiger partial charge in [-0.1, -0.05) is 30.4 Å². The van der Waals surface area contributed by atoms with E-state index in [1.54, 1.807) is 0 Å². The zero-order valence-corrected chi connectivity index (χ0v) is 14.1. The number of para-hydroxylation sites is 1. The van der Waals surface area contributed by atoms with E-state index in [-0.39, 0.29) is 18.7 Å². The van der Waals surface area contributed by atoms with Crippen LogP contribution in [0.1, 0.15) is 13.3 Å². The van der Waals surface area contributed by atoms with Crippen molar-refractivity contribution in [2.24, 2.45) is 0 Å². The Hall–Kier alpha value is -1.70. The van der Waals surface area contributed by atoms with Crippen LogP contribution in [-0.2, 0) is 0 Å². The number of hydrogen-bond acceptors (Lipinski definition) is 5. The summed E-state index contributed by atoms with van der Waals surface area (Å²) in [6.45, 7) is 5.20. The molecule has 1 aliphatic heterocycles. The average molecular weight is 334 g/mol. The third kappa shape index (κ3) is 3.63. The molecule has 6 nitrogen and oxygen atoms in total. The first kappa shape index (κ1) is 16.2. The van der Waals surface area contributed by atoms with Crippen molar-refractivity contribution in [2.75, 3.05) is 38.1 Å². The smallest absolute Gasteiger partial charge is 0.323 e. The fourth-order valence-electron chi connectivity index (χ4n) is 2.89. The fourth-order valence-corrected chi connectivity index (χ4v) is 3.74. The number of nitrogens with zero attached hydrogens (tertiary/aromatic N) is 3. The van der Waals surface area contributed by atoms with Crippen molar-refractivity contribution in [1.82, 2.24) is 14.8 Å². The van der Waals surface area contributed by atoms with E-state index in [1.807, 2.05) is 29.2 Å². The Morgan fingerprint density at radius 1 is 1.35 bits per heavy atom. The van der Waals surface area contributed by atoms with Crippen LogP contribution in [0.4, 0.5) is 9.93 Å². The van der Waals surface area contributed by atoms with Crippen LogP contribution >= 0.6 is 11.3 Å². The molecule has 1 aromatic heterocycles. The highest BCUT2D eigenvalue weighted by Gasteiger charge is 2.25. The molecule has 1 unspecified atom stereocenters. The van der Waals surface area contributed by atoms with Crippen molar-refractivity contribution >= 4 is 32.7 Å². The van der Waals surface area contributed by atoms with Gasteiger partial charge in [-0.15, -0.1) is 0 Å². The van der Waals surface area contributed by atoms with Crippen LogP contribution in [-0.4, -0.2) is 64.7 Å². The van der Waals surface area contributed by atoms with E-state index < -0.39 is 0 Å². The summed E-state index contributed by atoms with van der Waals surface area (Å²) in [6, 6.07) is 7.96. The van der Waals surface area contributed by atoms with E-state index in [9.17, 15) is 9.90 Å². The van der Waals surface area contributed by atoms with Crippen molar-refractivity contribution < 1.29 is 9.90 Å². The third-order valence-corrected chi connectivity index (χ3v) is 5.26. The van der Waals surface area contributed by atoms with Crippen LogP contribution in [0.3, 0.4) is 0 Å². The molecular weight excluding hydrogens is 312 g/mol. The normalized spacial score (nSPS) is 17.4. The monoisotopic (exact) mass is 334 g/mol. The number of piperazine rings is 1. The van der Waals surface area contributed by atoms with Gasteiger partial charge < -0.3 is 10.0 Å². The maximum Gasteiger partial charge on any atom is 0.323 e. The number of amides is 2. The van der Waals surface area contributed by atoms with Crippen LogP contribution in [0.25, 0.3) is 10.2 Å². The largest absolute Gasteiger partial charge is 0.395 e. The van der Waals surface area contributed by atoms with Gasteiger partial charge >= 0.3 is 6.03 Å². The quantitative estimate of drug-likeness (QED) is 0.899. The SMILES string of the molecule is CCC(CO)N1CCN(C(=O)Nc2nc3ccccc3s2)CC1. The standard InChI is InChI=1S/C16H22N4O2S/c1-2-12(11-21)19-7-9-20(10-8-19)16(22)18-15-17-13-5-3-4-6-14(13)23-15/h3-6,12,21H,2,7-11H2,1H3,(H,17,18,22). The van der Waals surface area contributed by atoms with Gasteiger partial charge in [-0.3, -0.25) is 10.2 Å². The van der Waals surface area contributed by atoms with E-state index in [1.165, 1.54) is 11.3 Å². The Bertz CT molecular complexity index is 630. The van der Waals surface area contributed by atoms with Gasteiger partial charge in [0.05, 0.1) is 16.8 Å². The van der Waals surface area contributed by atoms with E-state index in [4.69, 9.17) is 0 Å². The molecule has 7 heteroatoms. The number of thiazole rings is 1. The summed E-state index contributed by atoms with van der Waals surface area (Å²) in [5.74, 6) is 0. The van der Waals surface area contributed by atoms with Gasteiger partial charge in [0.15, 0.2) is 5.13 Å². The first-order valence-electron chi connectivity index (χ1n) is 7.97. The van der Waals surface area contributed by atoms with Gasteiger partial charge in [-0.2, -0.15) is 0 Å². The van der Waals surface area contributed by atoms with Gasteiger partial charge in [0.25, 0.3) is 0 Å². The van der Waals surface area contributed by atoms with Crippen LogP contribution in [0.15, 0.2) is 24.3 Å². The molecule has 2 aromatic rings. The second-order valence-corrected chi connectivity index (χ2v) is 6.72. The molecule has 0 spiro atoms. The lowest BCUT2D eigenvalue weighted by Crippen LogP contribution is -2.53. The van der Waals surface area contributed by atoms with Gasteiger partial charge in [0.2, 0.25) is 0 Å². The summed E-state index contributed by atoms with van der Waals surface area (Å²) >= 11 is 1.49. The number of aliphatic hydroxyl groups is 1. The maximum absolute atomic E-state index is 12.4. The minimum Gasteiger partial charge on any atom is -0.395 e. The lowest BCUT2D eigenvalue weighted by Gasteiger charge is -2.38. The van der Waals surface area contributed by atoms with Gasteiger partial charge in [-0.05, 0) is 18.6 Å². The van der Waals surface area contributed by atoms with Gasteiger partial charge in [0.1, 0.15) is 0 Å². The molecule has 124 valence electrons. The predicted molar refractivity (Wildman–Crippen MR) is 92.9 cm³/mol. The molecule has 0 aliphatic carbocycles.